The van der Waals surface area contributed by atoms with E-state index in [2.05, 4.69) is 10.5 Å². The molecule has 2 aromatic rings. The Morgan fingerprint density at radius 2 is 1.95 bits per heavy atom. The molecule has 0 saturated heterocycles. The Kier molecular flexibility index (Phi) is 4.35. The van der Waals surface area contributed by atoms with Crippen LogP contribution >= 0.6 is 0 Å². The van der Waals surface area contributed by atoms with Crippen molar-refractivity contribution < 1.29 is 9.21 Å². The summed E-state index contributed by atoms with van der Waals surface area (Å²) in [6.07, 6.45) is 0.313. The number of hydrogen-bond donors (Lipinski definition) is 1. The van der Waals surface area contributed by atoms with Crippen molar-refractivity contribution >= 4 is 11.6 Å². The SMILES string of the molecule is CC(=NNC(=O)Cc1ccccc1)c1oc(C)cc1C. The fourth-order valence-corrected chi connectivity index (χ4v) is 2.02. The van der Waals surface area contributed by atoms with Crippen LogP contribution < -0.4 is 5.43 Å². The molecule has 1 amide bonds. The first-order valence-corrected chi connectivity index (χ1v) is 6.50. The minimum Gasteiger partial charge on any atom is -0.460 e. The van der Waals surface area contributed by atoms with Gasteiger partial charge in [0.2, 0.25) is 5.91 Å². The van der Waals surface area contributed by atoms with E-state index in [4.69, 9.17) is 4.42 Å². The molecule has 4 heteroatoms. The highest BCUT2D eigenvalue weighted by Gasteiger charge is 2.09. The Bertz CT molecular complexity index is 627. The number of benzene rings is 1. The fourth-order valence-electron chi connectivity index (χ4n) is 2.02. The van der Waals surface area contributed by atoms with Gasteiger partial charge in [-0.2, -0.15) is 5.10 Å². The van der Waals surface area contributed by atoms with Crippen molar-refractivity contribution in [1.29, 1.82) is 0 Å². The molecular weight excluding hydrogens is 252 g/mol. The highest BCUT2D eigenvalue weighted by molar-refractivity contribution is 5.98. The third-order valence-electron chi connectivity index (χ3n) is 2.93. The summed E-state index contributed by atoms with van der Waals surface area (Å²) in [5.74, 6) is 1.40. The molecule has 2 rings (SSSR count). The molecule has 0 bridgehead atoms. The molecule has 104 valence electrons. The summed E-state index contributed by atoms with van der Waals surface area (Å²) in [7, 11) is 0. The van der Waals surface area contributed by atoms with Gasteiger partial charge >= 0.3 is 0 Å². The van der Waals surface area contributed by atoms with Crippen LogP contribution in [0.15, 0.2) is 45.9 Å². The Morgan fingerprint density at radius 3 is 2.55 bits per heavy atom. The molecule has 0 radical (unpaired) electrons. The van der Waals surface area contributed by atoms with Gasteiger partial charge in [0, 0.05) is 0 Å². The number of carbonyl (C=O) groups excluding carboxylic acids is 1. The fraction of sp³-hybridized carbons (Fsp3) is 0.250. The van der Waals surface area contributed by atoms with Crippen LogP contribution in [0.4, 0.5) is 0 Å². The van der Waals surface area contributed by atoms with Gasteiger partial charge in [0.15, 0.2) is 5.76 Å². The molecule has 0 unspecified atom stereocenters. The lowest BCUT2D eigenvalue weighted by Gasteiger charge is -2.02. The lowest BCUT2D eigenvalue weighted by atomic mass is 10.1. The van der Waals surface area contributed by atoms with Crippen LogP contribution in [-0.2, 0) is 11.2 Å². The van der Waals surface area contributed by atoms with Crippen molar-refractivity contribution in [2.24, 2.45) is 5.10 Å². The molecule has 0 aliphatic heterocycles. The Balaban J connectivity index is 1.98. The van der Waals surface area contributed by atoms with E-state index in [1.54, 1.807) is 0 Å². The Hall–Kier alpha value is -2.36. The monoisotopic (exact) mass is 270 g/mol. The van der Waals surface area contributed by atoms with Crippen molar-refractivity contribution in [3.8, 4) is 0 Å². The number of hydrogen-bond acceptors (Lipinski definition) is 3. The van der Waals surface area contributed by atoms with Crippen LogP contribution in [0.5, 0.6) is 0 Å². The van der Waals surface area contributed by atoms with E-state index < -0.39 is 0 Å². The Morgan fingerprint density at radius 1 is 1.25 bits per heavy atom. The standard InChI is InChI=1S/C16H18N2O2/c1-11-9-12(2)20-16(11)13(3)17-18-15(19)10-14-7-5-4-6-8-14/h4-9H,10H2,1-3H3,(H,18,19). The molecule has 4 nitrogen and oxygen atoms in total. The highest BCUT2D eigenvalue weighted by atomic mass is 16.3. The molecule has 1 N–H and O–H groups in total. The number of amides is 1. The minimum atomic E-state index is -0.142. The number of rotatable bonds is 4. The summed E-state index contributed by atoms with van der Waals surface area (Å²) in [6.45, 7) is 5.66. The van der Waals surface area contributed by atoms with Crippen LogP contribution in [0, 0.1) is 13.8 Å². The average Bonchev–Trinajstić information content (AvgIpc) is 2.76. The van der Waals surface area contributed by atoms with Crippen LogP contribution in [0.3, 0.4) is 0 Å². The first-order valence-electron chi connectivity index (χ1n) is 6.50. The first-order chi connectivity index (χ1) is 9.56. The maximum absolute atomic E-state index is 11.8. The van der Waals surface area contributed by atoms with Gasteiger partial charge in [-0.1, -0.05) is 30.3 Å². The zero-order valence-corrected chi connectivity index (χ0v) is 11.9. The number of hydrazone groups is 1. The lowest BCUT2D eigenvalue weighted by Crippen LogP contribution is -2.21. The number of nitrogens with one attached hydrogen (secondary N) is 1. The molecule has 0 aliphatic rings. The second-order valence-corrected chi connectivity index (χ2v) is 4.76. The molecule has 1 heterocycles. The second kappa shape index (κ2) is 6.19. The zero-order valence-electron chi connectivity index (χ0n) is 11.9. The van der Waals surface area contributed by atoms with Gasteiger partial charge in [0.25, 0.3) is 0 Å². The maximum Gasteiger partial charge on any atom is 0.244 e. The first kappa shape index (κ1) is 14.1. The van der Waals surface area contributed by atoms with E-state index in [1.807, 2.05) is 57.2 Å². The van der Waals surface area contributed by atoms with Gasteiger partial charge in [-0.15, -0.1) is 0 Å². The Labute approximate surface area is 118 Å². The summed E-state index contributed by atoms with van der Waals surface area (Å²) in [5.41, 5.74) is 5.19. The molecule has 0 saturated carbocycles. The maximum atomic E-state index is 11.8. The summed E-state index contributed by atoms with van der Waals surface area (Å²) < 4.78 is 5.54. The average molecular weight is 270 g/mol. The van der Waals surface area contributed by atoms with Crippen LogP contribution in [0.25, 0.3) is 0 Å². The van der Waals surface area contributed by atoms with Gasteiger partial charge in [-0.05, 0) is 38.0 Å². The van der Waals surface area contributed by atoms with Gasteiger partial charge in [0.05, 0.1) is 6.42 Å². The molecule has 0 fully saturated rings. The van der Waals surface area contributed by atoms with Gasteiger partial charge in [0.1, 0.15) is 11.5 Å². The molecule has 0 atom stereocenters. The van der Waals surface area contributed by atoms with E-state index in [9.17, 15) is 4.79 Å². The summed E-state index contributed by atoms with van der Waals surface area (Å²) >= 11 is 0. The third-order valence-corrected chi connectivity index (χ3v) is 2.93. The second-order valence-electron chi connectivity index (χ2n) is 4.76. The number of nitrogens with zero attached hydrogens (tertiary/aromatic N) is 1. The topological polar surface area (TPSA) is 54.6 Å². The lowest BCUT2D eigenvalue weighted by molar-refractivity contribution is -0.120. The van der Waals surface area contributed by atoms with E-state index >= 15 is 0 Å². The largest absolute Gasteiger partial charge is 0.460 e. The van der Waals surface area contributed by atoms with Gasteiger partial charge in [-0.3, -0.25) is 4.79 Å². The zero-order chi connectivity index (χ0) is 14.5. The van der Waals surface area contributed by atoms with Crippen molar-refractivity contribution in [3.63, 3.8) is 0 Å². The molecular formula is C16H18N2O2. The minimum absolute atomic E-state index is 0.142. The predicted molar refractivity (Wildman–Crippen MR) is 78.7 cm³/mol. The number of furan rings is 1. The van der Waals surface area contributed by atoms with E-state index in [-0.39, 0.29) is 5.91 Å². The smallest absolute Gasteiger partial charge is 0.244 e. The van der Waals surface area contributed by atoms with E-state index in [0.29, 0.717) is 17.9 Å². The van der Waals surface area contributed by atoms with Gasteiger partial charge in [-0.25, -0.2) is 5.43 Å². The number of carbonyl (C=O) groups is 1. The van der Waals surface area contributed by atoms with Crippen LogP contribution in [-0.4, -0.2) is 11.6 Å². The van der Waals surface area contributed by atoms with Crippen molar-refractivity contribution in [3.05, 3.63) is 59.0 Å². The molecule has 1 aromatic heterocycles. The quantitative estimate of drug-likeness (QED) is 0.686. The van der Waals surface area contributed by atoms with Crippen LogP contribution in [0.2, 0.25) is 0 Å². The van der Waals surface area contributed by atoms with E-state index in [1.165, 1.54) is 0 Å². The van der Waals surface area contributed by atoms with Crippen molar-refractivity contribution in [1.82, 2.24) is 5.43 Å². The molecule has 1 aromatic carbocycles. The normalized spacial score (nSPS) is 11.4. The summed E-state index contributed by atoms with van der Waals surface area (Å²) in [6, 6.07) is 11.5. The summed E-state index contributed by atoms with van der Waals surface area (Å²) in [4.78, 5) is 11.8. The molecule has 20 heavy (non-hydrogen) atoms. The van der Waals surface area contributed by atoms with Crippen molar-refractivity contribution in [2.75, 3.05) is 0 Å². The van der Waals surface area contributed by atoms with E-state index in [0.717, 1.165) is 16.9 Å². The number of aryl methyl sites for hydroxylation is 2. The van der Waals surface area contributed by atoms with Crippen molar-refractivity contribution in [2.45, 2.75) is 27.2 Å². The molecule has 0 aliphatic carbocycles. The van der Waals surface area contributed by atoms with Gasteiger partial charge < -0.3 is 4.42 Å². The third kappa shape index (κ3) is 3.57. The van der Waals surface area contributed by atoms with Crippen LogP contribution in [0.1, 0.15) is 29.6 Å². The molecule has 0 spiro atoms. The predicted octanol–water partition coefficient (Wildman–Crippen LogP) is 2.98. The summed E-state index contributed by atoms with van der Waals surface area (Å²) in [5, 5.41) is 4.09. The highest BCUT2D eigenvalue weighted by Crippen LogP contribution is 2.14.